The summed E-state index contributed by atoms with van der Waals surface area (Å²) < 4.78 is 44.9. The SMILES string of the molecule is Oc1c(-c2cc(C(F)(F)F)n[nH]2)ccc(OCc2ccc(Cl)cc2)c1C#CCN1CCCCC1. The number of aromatic nitrogens is 2. The minimum absolute atomic E-state index is 0.0353. The highest BCUT2D eigenvalue weighted by molar-refractivity contribution is 6.30. The molecule has 4 rings (SSSR count). The number of ether oxygens (including phenoxy) is 1. The number of aromatic hydroxyl groups is 1. The first kappa shape index (κ1) is 24.0. The summed E-state index contributed by atoms with van der Waals surface area (Å²) in [6, 6.07) is 11.1. The quantitative estimate of drug-likeness (QED) is 0.440. The number of halogens is 4. The number of nitrogens with one attached hydrogen (secondary N) is 1. The first-order valence-electron chi connectivity index (χ1n) is 10.9. The van der Waals surface area contributed by atoms with Crippen LogP contribution in [-0.2, 0) is 12.8 Å². The molecular formula is C25H23ClF3N3O2. The van der Waals surface area contributed by atoms with Crippen LogP contribution in [0.25, 0.3) is 11.3 Å². The van der Waals surface area contributed by atoms with Crippen LogP contribution in [0.1, 0.15) is 36.1 Å². The number of aromatic amines is 1. The normalized spacial score (nSPS) is 14.5. The molecule has 0 atom stereocenters. The molecule has 2 aromatic carbocycles. The number of benzene rings is 2. The molecule has 1 aliphatic rings. The van der Waals surface area contributed by atoms with Crippen molar-refractivity contribution < 1.29 is 23.0 Å². The number of piperidine rings is 1. The second-order valence-electron chi connectivity index (χ2n) is 8.05. The highest BCUT2D eigenvalue weighted by Crippen LogP contribution is 2.38. The summed E-state index contributed by atoms with van der Waals surface area (Å²) in [7, 11) is 0. The van der Waals surface area contributed by atoms with Crippen LogP contribution in [0, 0.1) is 11.8 Å². The summed E-state index contributed by atoms with van der Waals surface area (Å²) in [5, 5.41) is 17.2. The third kappa shape index (κ3) is 5.85. The molecule has 3 aromatic rings. The fraction of sp³-hybridized carbons (Fsp3) is 0.320. The number of phenolic OH excluding ortho intramolecular Hbond substituents is 1. The van der Waals surface area contributed by atoms with E-state index in [1.54, 1.807) is 18.2 Å². The Morgan fingerprint density at radius 3 is 2.50 bits per heavy atom. The fourth-order valence-electron chi connectivity index (χ4n) is 3.73. The van der Waals surface area contributed by atoms with E-state index in [2.05, 4.69) is 26.9 Å². The largest absolute Gasteiger partial charge is 0.506 e. The van der Waals surface area contributed by atoms with Gasteiger partial charge in [0.15, 0.2) is 5.69 Å². The van der Waals surface area contributed by atoms with Gasteiger partial charge in [0.1, 0.15) is 23.7 Å². The maximum atomic E-state index is 13.0. The van der Waals surface area contributed by atoms with E-state index in [0.717, 1.165) is 37.6 Å². The van der Waals surface area contributed by atoms with Crippen molar-refractivity contribution in [3.05, 3.63) is 64.3 Å². The zero-order chi connectivity index (χ0) is 24.1. The van der Waals surface area contributed by atoms with Crippen molar-refractivity contribution in [1.82, 2.24) is 15.1 Å². The third-order valence-electron chi connectivity index (χ3n) is 5.57. The number of alkyl halides is 3. The molecule has 1 aromatic heterocycles. The van der Waals surface area contributed by atoms with Crippen LogP contribution in [0.5, 0.6) is 11.5 Å². The van der Waals surface area contributed by atoms with Gasteiger partial charge in [-0.3, -0.25) is 10.00 Å². The Bertz CT molecular complexity index is 1190. The molecule has 2 heterocycles. The van der Waals surface area contributed by atoms with Crippen LogP contribution in [0.4, 0.5) is 13.2 Å². The van der Waals surface area contributed by atoms with E-state index >= 15 is 0 Å². The Balaban J connectivity index is 1.63. The molecule has 2 N–H and O–H groups in total. The van der Waals surface area contributed by atoms with Crippen molar-refractivity contribution in [2.45, 2.75) is 32.0 Å². The van der Waals surface area contributed by atoms with Gasteiger partial charge in [0.25, 0.3) is 0 Å². The molecular weight excluding hydrogens is 467 g/mol. The molecule has 1 aliphatic heterocycles. The Morgan fingerprint density at radius 2 is 1.82 bits per heavy atom. The monoisotopic (exact) mass is 489 g/mol. The summed E-state index contributed by atoms with van der Waals surface area (Å²) in [6.07, 6.45) is -1.14. The van der Waals surface area contributed by atoms with Crippen LogP contribution in [0.2, 0.25) is 5.02 Å². The summed E-state index contributed by atoms with van der Waals surface area (Å²) in [6.45, 7) is 2.67. The van der Waals surface area contributed by atoms with E-state index in [1.165, 1.54) is 12.5 Å². The number of H-pyrrole nitrogens is 1. The van der Waals surface area contributed by atoms with Gasteiger partial charge in [-0.25, -0.2) is 0 Å². The van der Waals surface area contributed by atoms with Crippen molar-refractivity contribution in [2.75, 3.05) is 19.6 Å². The molecule has 9 heteroatoms. The molecule has 0 bridgehead atoms. The van der Waals surface area contributed by atoms with Gasteiger partial charge in [0.05, 0.1) is 12.2 Å². The van der Waals surface area contributed by atoms with Crippen molar-refractivity contribution >= 4 is 11.6 Å². The molecule has 1 saturated heterocycles. The molecule has 0 unspecified atom stereocenters. The molecule has 34 heavy (non-hydrogen) atoms. The smallest absolute Gasteiger partial charge is 0.435 e. The molecule has 0 amide bonds. The van der Waals surface area contributed by atoms with Gasteiger partial charge >= 0.3 is 6.18 Å². The highest BCUT2D eigenvalue weighted by Gasteiger charge is 2.34. The standard InChI is InChI=1S/C25H23ClF3N3O2/c26-18-8-6-17(7-9-18)16-34-22-11-10-19(21-15-23(31-30-21)25(27,28)29)24(33)20(22)5-4-14-32-12-2-1-3-13-32/h6-11,15,33H,1-3,12-14,16H2,(H,30,31). The summed E-state index contributed by atoms with van der Waals surface area (Å²) in [4.78, 5) is 2.23. The first-order chi connectivity index (χ1) is 16.3. The molecule has 0 radical (unpaired) electrons. The van der Waals surface area contributed by atoms with Gasteiger partial charge in [-0.05, 0) is 61.8 Å². The molecule has 178 valence electrons. The van der Waals surface area contributed by atoms with Gasteiger partial charge in [-0.2, -0.15) is 18.3 Å². The summed E-state index contributed by atoms with van der Waals surface area (Å²) in [5.74, 6) is 6.12. The maximum Gasteiger partial charge on any atom is 0.435 e. The average molecular weight is 490 g/mol. The summed E-state index contributed by atoms with van der Waals surface area (Å²) in [5.41, 5.74) is 0.204. The molecule has 0 saturated carbocycles. The lowest BCUT2D eigenvalue weighted by Crippen LogP contribution is -2.29. The van der Waals surface area contributed by atoms with E-state index in [1.807, 2.05) is 12.1 Å². The Hall–Kier alpha value is -3.15. The minimum Gasteiger partial charge on any atom is -0.506 e. The number of likely N-dealkylation sites (tertiary alicyclic amines) is 1. The predicted molar refractivity (Wildman–Crippen MR) is 124 cm³/mol. The van der Waals surface area contributed by atoms with Crippen LogP contribution in [0.3, 0.4) is 0 Å². The predicted octanol–water partition coefficient (Wildman–Crippen LogP) is 5.87. The second kappa shape index (κ2) is 10.4. The Labute approximate surface area is 200 Å². The second-order valence-corrected chi connectivity index (χ2v) is 8.49. The highest BCUT2D eigenvalue weighted by atomic mass is 35.5. The Kier molecular flexibility index (Phi) is 7.35. The molecule has 1 fully saturated rings. The van der Waals surface area contributed by atoms with Crippen molar-refractivity contribution in [3.63, 3.8) is 0 Å². The third-order valence-corrected chi connectivity index (χ3v) is 5.82. The van der Waals surface area contributed by atoms with Crippen LogP contribution in [0.15, 0.2) is 42.5 Å². The van der Waals surface area contributed by atoms with E-state index < -0.39 is 11.9 Å². The van der Waals surface area contributed by atoms with Crippen molar-refractivity contribution in [1.29, 1.82) is 0 Å². The first-order valence-corrected chi connectivity index (χ1v) is 11.3. The van der Waals surface area contributed by atoms with E-state index in [0.29, 0.717) is 17.3 Å². The van der Waals surface area contributed by atoms with E-state index in [9.17, 15) is 18.3 Å². The van der Waals surface area contributed by atoms with Gasteiger partial charge < -0.3 is 9.84 Å². The van der Waals surface area contributed by atoms with Gasteiger partial charge in [-0.1, -0.05) is 42.0 Å². The topological polar surface area (TPSA) is 61.4 Å². The molecule has 0 aliphatic carbocycles. The van der Waals surface area contributed by atoms with Crippen molar-refractivity contribution in [3.8, 4) is 34.6 Å². The van der Waals surface area contributed by atoms with Gasteiger partial charge in [-0.15, -0.1) is 0 Å². The number of hydrogen-bond acceptors (Lipinski definition) is 4. The number of rotatable bonds is 5. The average Bonchev–Trinajstić information content (AvgIpc) is 3.31. The zero-order valence-electron chi connectivity index (χ0n) is 18.3. The van der Waals surface area contributed by atoms with Crippen molar-refractivity contribution in [2.24, 2.45) is 0 Å². The zero-order valence-corrected chi connectivity index (χ0v) is 19.0. The van der Waals surface area contributed by atoms with Crippen LogP contribution < -0.4 is 4.74 Å². The minimum atomic E-state index is -4.59. The van der Waals surface area contributed by atoms with E-state index in [4.69, 9.17) is 16.3 Å². The van der Waals surface area contributed by atoms with Gasteiger partial charge in [0.2, 0.25) is 0 Å². The number of phenols is 1. The fourth-order valence-corrected chi connectivity index (χ4v) is 3.86. The number of nitrogens with zero attached hydrogens (tertiary/aromatic N) is 2. The Morgan fingerprint density at radius 1 is 1.09 bits per heavy atom. The van der Waals surface area contributed by atoms with Crippen LogP contribution >= 0.6 is 11.6 Å². The lowest BCUT2D eigenvalue weighted by molar-refractivity contribution is -0.141. The van der Waals surface area contributed by atoms with Gasteiger partial charge in [0, 0.05) is 10.6 Å². The molecule has 5 nitrogen and oxygen atoms in total. The maximum absolute atomic E-state index is 13.0. The van der Waals surface area contributed by atoms with Crippen LogP contribution in [-0.4, -0.2) is 39.8 Å². The number of hydrogen-bond donors (Lipinski definition) is 2. The molecule has 0 spiro atoms. The lowest BCUT2D eigenvalue weighted by atomic mass is 10.0. The lowest BCUT2D eigenvalue weighted by Gasteiger charge is -2.23. The van der Waals surface area contributed by atoms with E-state index in [-0.39, 0.29) is 29.2 Å². The summed E-state index contributed by atoms with van der Waals surface area (Å²) >= 11 is 5.93.